The van der Waals surface area contributed by atoms with Crippen LogP contribution in [0.5, 0.6) is 0 Å². The van der Waals surface area contributed by atoms with Gasteiger partial charge in [-0.05, 0) is 25.7 Å². The van der Waals surface area contributed by atoms with Crippen LogP contribution in [0, 0.1) is 0 Å². The van der Waals surface area contributed by atoms with Crippen molar-refractivity contribution in [2.75, 3.05) is 6.61 Å². The molecule has 0 aliphatic carbocycles. The van der Waals surface area contributed by atoms with Crippen molar-refractivity contribution in [3.8, 4) is 0 Å². The maximum Gasteiger partial charge on any atom is 0.456 e. The lowest BCUT2D eigenvalue weighted by molar-refractivity contribution is -0.444. The average Bonchev–Trinajstić information content (AvgIpc) is 0.945. The van der Waals surface area contributed by atoms with Crippen LogP contribution < -0.4 is 0 Å². The SMILES string of the molecule is CCCCCCCCCCCCCCCCCC(=O)OC(O)(OC(=O)CCCCCCCCCCCCCCCCC)C(CCO)(OC(=O)CCCCCCCCCCCCCCCCC)OC(=O)CCCCCCCCCCCCCCCCC. The summed E-state index contributed by atoms with van der Waals surface area (Å²) in [7, 11) is 0. The van der Waals surface area contributed by atoms with Gasteiger partial charge in [0.05, 0.1) is 13.0 Å². The van der Waals surface area contributed by atoms with E-state index in [9.17, 15) is 29.4 Å². The zero-order valence-corrected chi connectivity index (χ0v) is 57.8. The minimum Gasteiger partial charge on any atom is -0.412 e. The fourth-order valence-corrected chi connectivity index (χ4v) is 12.2. The fourth-order valence-electron chi connectivity index (χ4n) is 12.2. The summed E-state index contributed by atoms with van der Waals surface area (Å²) in [5, 5.41) is 23.2. The Morgan fingerprint density at radius 2 is 0.372 bits per heavy atom. The van der Waals surface area contributed by atoms with E-state index in [1.807, 2.05) is 0 Å². The summed E-state index contributed by atoms with van der Waals surface area (Å²) in [4.78, 5) is 55.6. The van der Waals surface area contributed by atoms with Gasteiger partial charge in [-0.2, -0.15) is 0 Å². The molecule has 0 aliphatic heterocycles. The van der Waals surface area contributed by atoms with Gasteiger partial charge in [-0.25, -0.2) is 0 Å². The molecule has 0 spiro atoms. The third-order valence-electron chi connectivity index (χ3n) is 17.9. The molecule has 0 saturated heterocycles. The van der Waals surface area contributed by atoms with Gasteiger partial charge in [-0.1, -0.05) is 387 Å². The number of aliphatic hydroxyl groups is 2. The summed E-state index contributed by atoms with van der Waals surface area (Å²) < 4.78 is 23.5. The highest BCUT2D eigenvalue weighted by Crippen LogP contribution is 2.37. The van der Waals surface area contributed by atoms with Crippen molar-refractivity contribution in [2.24, 2.45) is 0 Å². The molecule has 0 radical (unpaired) electrons. The van der Waals surface area contributed by atoms with Crippen LogP contribution in [0.1, 0.15) is 445 Å². The number of carbonyl (C=O) groups is 4. The molecule has 86 heavy (non-hydrogen) atoms. The number of aliphatic hydroxyl groups excluding tert-OH is 1. The topological polar surface area (TPSA) is 146 Å². The lowest BCUT2D eigenvalue weighted by Crippen LogP contribution is -2.64. The number of hydrogen-bond donors (Lipinski definition) is 2. The van der Waals surface area contributed by atoms with Crippen LogP contribution >= 0.6 is 0 Å². The van der Waals surface area contributed by atoms with E-state index in [2.05, 4.69) is 27.7 Å². The summed E-state index contributed by atoms with van der Waals surface area (Å²) in [5.41, 5.74) is 0. The molecule has 2 N–H and O–H groups in total. The third kappa shape index (κ3) is 54.7. The maximum absolute atomic E-state index is 13.9. The van der Waals surface area contributed by atoms with E-state index in [1.54, 1.807) is 0 Å². The van der Waals surface area contributed by atoms with Crippen molar-refractivity contribution in [1.82, 2.24) is 0 Å². The highest BCUT2D eigenvalue weighted by Gasteiger charge is 2.65. The molecule has 10 heteroatoms. The molecule has 0 bridgehead atoms. The molecule has 0 heterocycles. The summed E-state index contributed by atoms with van der Waals surface area (Å²) >= 11 is 0. The maximum atomic E-state index is 13.9. The Bertz CT molecular complexity index is 1350. The van der Waals surface area contributed by atoms with Gasteiger partial charge in [-0.3, -0.25) is 19.2 Å². The molecule has 10 nitrogen and oxygen atoms in total. The monoisotopic (exact) mass is 1220 g/mol. The van der Waals surface area contributed by atoms with Gasteiger partial charge in [0.2, 0.25) is 0 Å². The molecule has 0 saturated carbocycles. The van der Waals surface area contributed by atoms with E-state index in [4.69, 9.17) is 18.9 Å². The van der Waals surface area contributed by atoms with Crippen molar-refractivity contribution in [3.63, 3.8) is 0 Å². The molecule has 0 unspecified atom stereocenters. The predicted octanol–water partition coefficient (Wildman–Crippen LogP) is 23.9. The minimum absolute atomic E-state index is 0.0573. The molecular formula is C76H146O10. The van der Waals surface area contributed by atoms with E-state index >= 15 is 0 Å². The second-order valence-corrected chi connectivity index (χ2v) is 26.5. The van der Waals surface area contributed by atoms with Gasteiger partial charge in [0.15, 0.2) is 0 Å². The van der Waals surface area contributed by atoms with Gasteiger partial charge in [0.1, 0.15) is 0 Å². The van der Waals surface area contributed by atoms with Crippen LogP contribution in [-0.2, 0) is 38.1 Å². The number of carbonyl (C=O) groups excluding carboxylic acids is 4. The molecular weight excluding hydrogens is 1070 g/mol. The Morgan fingerprint density at radius 3 is 0.523 bits per heavy atom. The molecule has 0 fully saturated rings. The number of ether oxygens (including phenoxy) is 4. The Labute approximate surface area is 533 Å². The summed E-state index contributed by atoms with van der Waals surface area (Å²) in [6, 6.07) is 0. The molecule has 0 aromatic heterocycles. The fraction of sp³-hybridized carbons (Fsp3) is 0.947. The Morgan fingerprint density at radius 1 is 0.233 bits per heavy atom. The quantitative estimate of drug-likeness (QED) is 0.0343. The molecule has 0 aliphatic rings. The van der Waals surface area contributed by atoms with Crippen molar-refractivity contribution in [2.45, 2.75) is 457 Å². The lowest BCUT2D eigenvalue weighted by atomic mass is 10.0. The summed E-state index contributed by atoms with van der Waals surface area (Å²) in [6.45, 7) is 8.31. The van der Waals surface area contributed by atoms with Crippen LogP contribution in [0.15, 0.2) is 0 Å². The molecule has 0 aromatic carbocycles. The van der Waals surface area contributed by atoms with Crippen LogP contribution in [0.2, 0.25) is 0 Å². The van der Waals surface area contributed by atoms with Gasteiger partial charge >= 0.3 is 35.6 Å². The van der Waals surface area contributed by atoms with Gasteiger partial charge in [-0.15, -0.1) is 0 Å². The van der Waals surface area contributed by atoms with Crippen molar-refractivity contribution in [1.29, 1.82) is 0 Å². The Hall–Kier alpha value is -2.20. The second kappa shape index (κ2) is 65.7. The van der Waals surface area contributed by atoms with Crippen LogP contribution in [-0.4, -0.2) is 52.5 Å². The van der Waals surface area contributed by atoms with Gasteiger partial charge in [0.25, 0.3) is 0 Å². The normalized spacial score (nSPS) is 11.8. The summed E-state index contributed by atoms with van der Waals surface area (Å²) in [6.07, 6.45) is 69.1. The molecule has 0 aromatic rings. The standard InChI is InChI=1S/C76H146O10/c1-5-9-13-17-21-25-29-33-37-41-45-49-53-57-61-65-71(78)83-75(69-70-77,84-72(79)66-62-58-54-50-46-42-38-34-30-26-22-18-14-10-6-2)76(82,85-73(80)67-63-59-55-51-47-43-39-35-31-27-23-19-15-11-7-3)86-74(81)68-64-60-56-52-48-44-40-36-32-28-24-20-16-12-8-4/h77,82H,5-70H2,1-4H3. The van der Waals surface area contributed by atoms with E-state index < -0.39 is 48.7 Å². The van der Waals surface area contributed by atoms with Crippen molar-refractivity contribution >= 4 is 23.9 Å². The van der Waals surface area contributed by atoms with E-state index in [-0.39, 0.29) is 25.7 Å². The lowest BCUT2D eigenvalue weighted by Gasteiger charge is -2.41. The Kier molecular flexibility index (Phi) is 64.1. The second-order valence-electron chi connectivity index (χ2n) is 26.5. The van der Waals surface area contributed by atoms with E-state index in [0.717, 1.165) is 103 Å². The smallest absolute Gasteiger partial charge is 0.412 e. The largest absolute Gasteiger partial charge is 0.456 e. The number of rotatable bonds is 71. The molecule has 0 atom stereocenters. The van der Waals surface area contributed by atoms with E-state index in [1.165, 1.54) is 257 Å². The first-order chi connectivity index (χ1) is 42.1. The third-order valence-corrected chi connectivity index (χ3v) is 17.9. The number of esters is 4. The zero-order chi connectivity index (χ0) is 62.8. The van der Waals surface area contributed by atoms with Crippen molar-refractivity contribution in [3.05, 3.63) is 0 Å². The zero-order valence-electron chi connectivity index (χ0n) is 57.8. The highest BCUT2D eigenvalue weighted by molar-refractivity contribution is 5.74. The first-order valence-corrected chi connectivity index (χ1v) is 38.3. The van der Waals surface area contributed by atoms with Gasteiger partial charge < -0.3 is 29.2 Å². The molecule has 0 rings (SSSR count). The number of unbranched alkanes of at least 4 members (excludes halogenated alkanes) is 56. The highest BCUT2D eigenvalue weighted by atomic mass is 16.9. The summed E-state index contributed by atoms with van der Waals surface area (Å²) in [5.74, 6) is -9.50. The van der Waals surface area contributed by atoms with Crippen LogP contribution in [0.3, 0.4) is 0 Å². The number of hydrogen-bond acceptors (Lipinski definition) is 10. The first kappa shape index (κ1) is 83.8. The Balaban J connectivity index is 5.86. The van der Waals surface area contributed by atoms with E-state index in [0.29, 0.717) is 25.7 Å². The predicted molar refractivity (Wildman–Crippen MR) is 362 cm³/mol. The van der Waals surface area contributed by atoms with Gasteiger partial charge in [0, 0.05) is 25.7 Å². The average molecular weight is 1220 g/mol. The van der Waals surface area contributed by atoms with Crippen LogP contribution in [0.4, 0.5) is 0 Å². The van der Waals surface area contributed by atoms with Crippen LogP contribution in [0.25, 0.3) is 0 Å². The first-order valence-electron chi connectivity index (χ1n) is 38.3. The minimum atomic E-state index is -3.33. The molecule has 0 amide bonds. The van der Waals surface area contributed by atoms with Crippen molar-refractivity contribution < 1.29 is 48.3 Å². The molecule has 510 valence electrons.